The molecule has 20 heavy (non-hydrogen) atoms. The molecule has 0 saturated carbocycles. The van der Waals surface area contributed by atoms with Crippen LogP contribution >= 0.6 is 0 Å². The molecule has 0 aliphatic carbocycles. The van der Waals surface area contributed by atoms with Crippen molar-refractivity contribution in [3.8, 4) is 0 Å². The van der Waals surface area contributed by atoms with Crippen LogP contribution in [-0.2, 0) is 23.9 Å². The number of hydrazine groups is 1. The smallest absolute Gasteiger partial charge is 0.327 e. The lowest BCUT2D eigenvalue weighted by molar-refractivity contribution is -0.159. The number of amides is 3. The summed E-state index contributed by atoms with van der Waals surface area (Å²) in [7, 11) is 0. The molecular formula is C12H17N3O5. The molecule has 8 heteroatoms. The molecule has 0 spiro atoms. The van der Waals surface area contributed by atoms with Gasteiger partial charge in [-0.15, -0.1) is 0 Å². The van der Waals surface area contributed by atoms with Crippen molar-refractivity contribution in [1.29, 1.82) is 0 Å². The van der Waals surface area contributed by atoms with E-state index in [0.717, 1.165) is 17.1 Å². The molecule has 0 fully saturated rings. The molecule has 8 nitrogen and oxygen atoms in total. The number of nitrogens with two attached hydrogens (primary N) is 1. The summed E-state index contributed by atoms with van der Waals surface area (Å²) >= 11 is 0. The maximum absolute atomic E-state index is 11.7. The van der Waals surface area contributed by atoms with E-state index < -0.39 is 42.4 Å². The van der Waals surface area contributed by atoms with E-state index in [-0.39, 0.29) is 0 Å². The molecule has 0 saturated heterocycles. The quantitative estimate of drug-likeness (QED) is 0.232. The summed E-state index contributed by atoms with van der Waals surface area (Å²) in [4.78, 5) is 46.5. The number of hydrogen-bond donors (Lipinski definition) is 1. The third-order valence-corrected chi connectivity index (χ3v) is 2.23. The predicted molar refractivity (Wildman–Crippen MR) is 67.6 cm³/mol. The molecule has 0 aromatic heterocycles. The second-order valence-electron chi connectivity index (χ2n) is 5.20. The summed E-state index contributed by atoms with van der Waals surface area (Å²) in [6.45, 7) is 4.08. The largest absolute Gasteiger partial charge is 0.459 e. The molecule has 110 valence electrons. The van der Waals surface area contributed by atoms with Crippen molar-refractivity contribution in [2.45, 2.75) is 26.4 Å². The first-order chi connectivity index (χ1) is 9.10. The van der Waals surface area contributed by atoms with Gasteiger partial charge < -0.3 is 4.74 Å². The van der Waals surface area contributed by atoms with Crippen molar-refractivity contribution in [3.05, 3.63) is 12.2 Å². The van der Waals surface area contributed by atoms with Gasteiger partial charge in [0.2, 0.25) is 0 Å². The first-order valence-corrected chi connectivity index (χ1v) is 5.90. The maximum Gasteiger partial charge on any atom is 0.327 e. The third-order valence-electron chi connectivity index (χ3n) is 2.23. The van der Waals surface area contributed by atoms with Crippen LogP contribution in [0.1, 0.15) is 20.8 Å². The minimum Gasteiger partial charge on any atom is -0.459 e. The van der Waals surface area contributed by atoms with Gasteiger partial charge in [-0.25, -0.2) is 5.84 Å². The van der Waals surface area contributed by atoms with Crippen molar-refractivity contribution < 1.29 is 23.9 Å². The molecular weight excluding hydrogens is 266 g/mol. The van der Waals surface area contributed by atoms with E-state index >= 15 is 0 Å². The van der Waals surface area contributed by atoms with Crippen LogP contribution in [0.25, 0.3) is 0 Å². The summed E-state index contributed by atoms with van der Waals surface area (Å²) in [5.41, 5.74) is -0.689. The molecule has 0 aromatic rings. The number of rotatable bonds is 4. The fourth-order valence-corrected chi connectivity index (χ4v) is 1.41. The van der Waals surface area contributed by atoms with Gasteiger partial charge in [-0.1, -0.05) is 0 Å². The fourth-order valence-electron chi connectivity index (χ4n) is 1.41. The van der Waals surface area contributed by atoms with E-state index in [1.807, 2.05) is 0 Å². The Balaban J connectivity index is 2.50. The maximum atomic E-state index is 11.7. The molecule has 0 aromatic carbocycles. The molecule has 3 amide bonds. The number of esters is 1. The van der Waals surface area contributed by atoms with E-state index in [4.69, 9.17) is 10.6 Å². The number of imide groups is 1. The van der Waals surface area contributed by atoms with Crippen molar-refractivity contribution in [2.24, 2.45) is 5.84 Å². The molecule has 1 heterocycles. The Kier molecular flexibility index (Phi) is 4.61. The highest BCUT2D eigenvalue weighted by Gasteiger charge is 2.28. The average molecular weight is 283 g/mol. The lowest BCUT2D eigenvalue weighted by atomic mass is 10.2. The van der Waals surface area contributed by atoms with Gasteiger partial charge in [0.05, 0.1) is 0 Å². The number of nitrogens with zero attached hydrogens (tertiary/aromatic N) is 2. The van der Waals surface area contributed by atoms with Gasteiger partial charge >= 0.3 is 5.97 Å². The van der Waals surface area contributed by atoms with E-state index in [2.05, 4.69) is 0 Å². The fraction of sp³-hybridized carbons (Fsp3) is 0.500. The average Bonchev–Trinajstić information content (AvgIpc) is 2.57. The molecule has 0 atom stereocenters. The predicted octanol–water partition coefficient (Wildman–Crippen LogP) is -1.04. The highest BCUT2D eigenvalue weighted by molar-refractivity contribution is 6.14. The van der Waals surface area contributed by atoms with Crippen LogP contribution in [0.5, 0.6) is 0 Å². The van der Waals surface area contributed by atoms with Crippen molar-refractivity contribution in [1.82, 2.24) is 9.91 Å². The SMILES string of the molecule is CC(C)(C)OC(=O)CN(N)C(=O)CN1C(=O)C=CC1=O. The number of carbonyl (C=O) groups excluding carboxylic acids is 4. The lowest BCUT2D eigenvalue weighted by Gasteiger charge is -2.23. The van der Waals surface area contributed by atoms with E-state index in [1.54, 1.807) is 20.8 Å². The highest BCUT2D eigenvalue weighted by Crippen LogP contribution is 2.07. The zero-order valence-electron chi connectivity index (χ0n) is 11.6. The summed E-state index contributed by atoms with van der Waals surface area (Å²) in [6, 6.07) is 0. The van der Waals surface area contributed by atoms with Gasteiger partial charge in [0.25, 0.3) is 17.7 Å². The normalized spacial score (nSPS) is 14.7. The molecule has 0 unspecified atom stereocenters. The number of hydrogen-bond acceptors (Lipinski definition) is 6. The first-order valence-electron chi connectivity index (χ1n) is 5.90. The Morgan fingerprint density at radius 1 is 1.25 bits per heavy atom. The zero-order chi connectivity index (χ0) is 15.5. The van der Waals surface area contributed by atoms with Crippen LogP contribution in [0.15, 0.2) is 12.2 Å². The molecule has 1 rings (SSSR count). The second kappa shape index (κ2) is 5.83. The minimum absolute atomic E-state index is 0.459. The van der Waals surface area contributed by atoms with Crippen molar-refractivity contribution in [3.63, 3.8) is 0 Å². The Hall–Kier alpha value is -2.22. The van der Waals surface area contributed by atoms with Crippen LogP contribution in [-0.4, -0.2) is 52.3 Å². The van der Waals surface area contributed by atoms with Crippen molar-refractivity contribution in [2.75, 3.05) is 13.1 Å². The summed E-state index contributed by atoms with van der Waals surface area (Å²) < 4.78 is 5.00. The summed E-state index contributed by atoms with van der Waals surface area (Å²) in [6.07, 6.45) is 2.12. The molecule has 1 aliphatic rings. The van der Waals surface area contributed by atoms with E-state index in [1.165, 1.54) is 0 Å². The van der Waals surface area contributed by atoms with Crippen LogP contribution in [0.2, 0.25) is 0 Å². The first kappa shape index (κ1) is 15.8. The van der Waals surface area contributed by atoms with Gasteiger partial charge in [-0.3, -0.25) is 29.1 Å². The third kappa shape index (κ3) is 4.47. The Labute approximate surface area is 116 Å². The zero-order valence-corrected chi connectivity index (χ0v) is 11.6. The van der Waals surface area contributed by atoms with Gasteiger partial charge in [-0.2, -0.15) is 0 Å². The minimum atomic E-state index is -0.735. The van der Waals surface area contributed by atoms with Crippen LogP contribution < -0.4 is 5.84 Å². The number of carbonyl (C=O) groups is 4. The summed E-state index contributed by atoms with van der Waals surface area (Å²) in [5.74, 6) is 2.83. The van der Waals surface area contributed by atoms with Gasteiger partial charge in [0, 0.05) is 12.2 Å². The van der Waals surface area contributed by atoms with Gasteiger partial charge in [-0.05, 0) is 20.8 Å². The monoisotopic (exact) mass is 283 g/mol. The van der Waals surface area contributed by atoms with Gasteiger partial charge in [0.1, 0.15) is 18.7 Å². The van der Waals surface area contributed by atoms with E-state index in [9.17, 15) is 19.2 Å². The molecule has 1 aliphatic heterocycles. The van der Waals surface area contributed by atoms with Gasteiger partial charge in [0.15, 0.2) is 0 Å². The van der Waals surface area contributed by atoms with E-state index in [0.29, 0.717) is 5.01 Å². The molecule has 0 bridgehead atoms. The molecule has 2 N–H and O–H groups in total. The Bertz CT molecular complexity index is 460. The second-order valence-corrected chi connectivity index (χ2v) is 5.20. The Morgan fingerprint density at radius 3 is 2.20 bits per heavy atom. The standard InChI is InChI=1S/C12H17N3O5/c1-12(2,3)20-11(19)7-15(13)10(18)6-14-8(16)4-5-9(14)17/h4-5H,6-7,13H2,1-3H3. The number of ether oxygens (including phenoxy) is 1. The molecule has 0 radical (unpaired) electrons. The lowest BCUT2D eigenvalue weighted by Crippen LogP contribution is -2.48. The van der Waals surface area contributed by atoms with Crippen LogP contribution in [0.4, 0.5) is 0 Å². The topological polar surface area (TPSA) is 110 Å². The summed E-state index contributed by atoms with van der Waals surface area (Å²) in [5, 5.41) is 0.618. The van der Waals surface area contributed by atoms with Crippen molar-refractivity contribution >= 4 is 23.7 Å². The van der Waals surface area contributed by atoms with Crippen LogP contribution in [0.3, 0.4) is 0 Å². The Morgan fingerprint density at radius 2 is 1.75 bits per heavy atom. The highest BCUT2D eigenvalue weighted by atomic mass is 16.6. The van der Waals surface area contributed by atoms with Crippen LogP contribution in [0, 0.1) is 0 Å².